The predicted octanol–water partition coefficient (Wildman–Crippen LogP) is 7.54. The molecular weight excluding hydrogens is 487 g/mol. The van der Waals surface area contributed by atoms with Crippen LogP contribution in [-0.4, -0.2) is 6.71 Å². The zero-order chi connectivity index (χ0) is 26.2. The van der Waals surface area contributed by atoms with Crippen molar-refractivity contribution in [3.05, 3.63) is 140 Å². The minimum Gasteiger partial charge on any atom is -0.458 e. The molecule has 0 unspecified atom stereocenters. The van der Waals surface area contributed by atoms with Gasteiger partial charge in [-0.25, -0.2) is 0 Å². The fourth-order valence-electron chi connectivity index (χ4n) is 6.82. The Balaban J connectivity index is 1.45. The van der Waals surface area contributed by atoms with Crippen molar-refractivity contribution in [1.82, 2.24) is 0 Å². The summed E-state index contributed by atoms with van der Waals surface area (Å²) in [6, 6.07) is 49.8. The van der Waals surface area contributed by atoms with E-state index in [1.165, 1.54) is 50.3 Å². The molecule has 0 spiro atoms. The summed E-state index contributed by atoms with van der Waals surface area (Å²) in [6.45, 7) is 0.0842. The maximum Gasteiger partial charge on any atom is 0.261 e. The molecular formula is C36H23BN2O. The van der Waals surface area contributed by atoms with Gasteiger partial charge in [-0.2, -0.15) is 0 Å². The number of nitrogens with zero attached hydrogens (tertiary/aromatic N) is 2. The van der Waals surface area contributed by atoms with Gasteiger partial charge in [0.25, 0.3) is 6.71 Å². The molecule has 0 radical (unpaired) electrons. The Bertz CT molecular complexity index is 1820. The first-order valence-corrected chi connectivity index (χ1v) is 13.7. The molecule has 0 N–H and O–H groups in total. The molecule has 6 aromatic carbocycles. The van der Waals surface area contributed by atoms with Crippen molar-refractivity contribution in [3.8, 4) is 22.6 Å². The summed E-state index contributed by atoms with van der Waals surface area (Å²) < 4.78 is 6.66. The van der Waals surface area contributed by atoms with Crippen molar-refractivity contribution in [2.24, 2.45) is 0 Å². The number of hydrogen-bond donors (Lipinski definition) is 0. The highest BCUT2D eigenvalue weighted by Gasteiger charge is 2.48. The smallest absolute Gasteiger partial charge is 0.261 e. The van der Waals surface area contributed by atoms with Crippen LogP contribution in [0, 0.1) is 0 Å². The number of benzene rings is 6. The van der Waals surface area contributed by atoms with Crippen LogP contribution in [0.25, 0.3) is 11.1 Å². The van der Waals surface area contributed by atoms with Crippen LogP contribution in [0.3, 0.4) is 0 Å². The van der Waals surface area contributed by atoms with Gasteiger partial charge in [-0.15, -0.1) is 0 Å². The molecule has 0 aromatic heterocycles. The van der Waals surface area contributed by atoms with Crippen LogP contribution in [0.15, 0.2) is 140 Å². The largest absolute Gasteiger partial charge is 0.458 e. The molecule has 0 saturated heterocycles. The summed E-state index contributed by atoms with van der Waals surface area (Å²) in [5.41, 5.74) is 13.2. The quantitative estimate of drug-likeness (QED) is 0.229. The predicted molar refractivity (Wildman–Crippen MR) is 166 cm³/mol. The highest BCUT2D eigenvalue weighted by molar-refractivity contribution is 7.01. The molecule has 3 aliphatic heterocycles. The van der Waals surface area contributed by atoms with Gasteiger partial charge in [0.1, 0.15) is 11.5 Å². The second-order valence-corrected chi connectivity index (χ2v) is 10.5. The molecule has 3 heterocycles. The molecule has 40 heavy (non-hydrogen) atoms. The Morgan fingerprint density at radius 1 is 0.400 bits per heavy atom. The van der Waals surface area contributed by atoms with E-state index in [0.29, 0.717) is 0 Å². The van der Waals surface area contributed by atoms with E-state index in [1.807, 2.05) is 0 Å². The molecule has 0 saturated carbocycles. The van der Waals surface area contributed by atoms with E-state index in [0.717, 1.165) is 22.9 Å². The Kier molecular flexibility index (Phi) is 4.41. The summed E-state index contributed by atoms with van der Waals surface area (Å²) in [6.07, 6.45) is 0. The van der Waals surface area contributed by atoms with Gasteiger partial charge in [-0.1, -0.05) is 78.9 Å². The molecule has 0 bridgehead atoms. The topological polar surface area (TPSA) is 15.7 Å². The van der Waals surface area contributed by atoms with Crippen molar-refractivity contribution in [2.45, 2.75) is 0 Å². The van der Waals surface area contributed by atoms with Crippen LogP contribution >= 0.6 is 0 Å². The summed E-state index contributed by atoms with van der Waals surface area (Å²) >= 11 is 0. The number of hydrogen-bond acceptors (Lipinski definition) is 3. The normalized spacial score (nSPS) is 13.6. The molecule has 4 heteroatoms. The zero-order valence-electron chi connectivity index (χ0n) is 21.7. The van der Waals surface area contributed by atoms with Crippen molar-refractivity contribution in [2.75, 3.05) is 9.80 Å². The second-order valence-electron chi connectivity index (χ2n) is 10.5. The molecule has 9 rings (SSSR count). The first kappa shape index (κ1) is 21.7. The summed E-state index contributed by atoms with van der Waals surface area (Å²) in [4.78, 5) is 4.85. The van der Waals surface area contributed by atoms with E-state index in [9.17, 15) is 0 Å². The average molecular weight is 510 g/mol. The Labute approximate surface area is 233 Å². The van der Waals surface area contributed by atoms with E-state index in [2.05, 4.69) is 149 Å². The summed E-state index contributed by atoms with van der Waals surface area (Å²) in [5.74, 6) is 1.87. The van der Waals surface area contributed by atoms with E-state index in [1.54, 1.807) is 0 Å². The summed E-state index contributed by atoms with van der Waals surface area (Å²) in [5, 5.41) is 0. The second kappa shape index (κ2) is 8.14. The average Bonchev–Trinajstić information content (AvgIpc) is 3.02. The minimum absolute atomic E-state index is 0.0842. The van der Waals surface area contributed by atoms with Crippen LogP contribution in [-0.2, 0) is 0 Å². The van der Waals surface area contributed by atoms with Crippen molar-refractivity contribution < 1.29 is 4.74 Å². The van der Waals surface area contributed by atoms with Gasteiger partial charge >= 0.3 is 0 Å². The van der Waals surface area contributed by atoms with Crippen molar-refractivity contribution in [3.63, 3.8) is 0 Å². The molecule has 3 aliphatic rings. The lowest BCUT2D eigenvalue weighted by atomic mass is 9.32. The maximum atomic E-state index is 6.66. The number of anilines is 6. The van der Waals surface area contributed by atoms with Crippen LogP contribution in [0.2, 0.25) is 0 Å². The van der Waals surface area contributed by atoms with Gasteiger partial charge in [0.15, 0.2) is 0 Å². The molecule has 0 aliphatic carbocycles. The first-order valence-electron chi connectivity index (χ1n) is 13.7. The van der Waals surface area contributed by atoms with E-state index in [4.69, 9.17) is 4.74 Å². The van der Waals surface area contributed by atoms with Gasteiger partial charge in [-0.3, -0.25) is 0 Å². The molecule has 0 amide bonds. The fourth-order valence-corrected chi connectivity index (χ4v) is 6.82. The first-order chi connectivity index (χ1) is 19.9. The molecule has 0 atom stereocenters. The maximum absolute atomic E-state index is 6.66. The lowest BCUT2D eigenvalue weighted by molar-refractivity contribution is 0.487. The minimum atomic E-state index is 0.0842. The molecule has 186 valence electrons. The SMILES string of the molecule is c1ccc(-c2cc3c4c(c2)N(c2ccccc2)c2cccc5c2B4c2c(cccc2N3c2ccccc2)O5)cc1. The monoisotopic (exact) mass is 510 g/mol. The van der Waals surface area contributed by atoms with E-state index in [-0.39, 0.29) is 6.71 Å². The van der Waals surface area contributed by atoms with E-state index >= 15 is 0 Å². The highest BCUT2D eigenvalue weighted by atomic mass is 16.5. The van der Waals surface area contributed by atoms with Crippen LogP contribution in [0.1, 0.15) is 0 Å². The van der Waals surface area contributed by atoms with Gasteiger partial charge in [-0.05, 0) is 88.2 Å². The third-order valence-corrected chi connectivity index (χ3v) is 8.41. The van der Waals surface area contributed by atoms with Gasteiger partial charge in [0.2, 0.25) is 0 Å². The van der Waals surface area contributed by atoms with Crippen LogP contribution in [0.5, 0.6) is 11.5 Å². The third kappa shape index (κ3) is 2.90. The lowest BCUT2D eigenvalue weighted by Gasteiger charge is -2.46. The highest BCUT2D eigenvalue weighted by Crippen LogP contribution is 2.48. The van der Waals surface area contributed by atoms with Crippen molar-refractivity contribution >= 4 is 57.2 Å². The Hall–Kier alpha value is -5.22. The number of ether oxygens (including phenoxy) is 1. The van der Waals surface area contributed by atoms with E-state index < -0.39 is 0 Å². The van der Waals surface area contributed by atoms with Crippen LogP contribution in [0.4, 0.5) is 34.1 Å². The number of rotatable bonds is 3. The lowest BCUT2D eigenvalue weighted by Crippen LogP contribution is -2.63. The zero-order valence-corrected chi connectivity index (χ0v) is 21.7. The molecule has 3 nitrogen and oxygen atoms in total. The van der Waals surface area contributed by atoms with Crippen LogP contribution < -0.4 is 30.9 Å². The Morgan fingerprint density at radius 3 is 1.38 bits per heavy atom. The molecule has 0 fully saturated rings. The van der Waals surface area contributed by atoms with Gasteiger partial charge in [0.05, 0.1) is 0 Å². The number of para-hydroxylation sites is 2. The molecule has 6 aromatic rings. The summed E-state index contributed by atoms with van der Waals surface area (Å²) in [7, 11) is 0. The standard InChI is InChI=1S/C36H23BN2O/c1-4-12-24(13-5-1)25-22-30-34-31(23-25)39(27-16-8-3-9-17-27)29-19-11-21-33-36(29)37(34)35-28(18-10-20-32(35)40-33)38(30)26-14-6-2-7-15-26/h1-23H. The fraction of sp³-hybridized carbons (Fsp3) is 0. The van der Waals surface area contributed by atoms with Crippen molar-refractivity contribution in [1.29, 1.82) is 0 Å². The third-order valence-electron chi connectivity index (χ3n) is 8.41. The van der Waals surface area contributed by atoms with Gasteiger partial charge in [0, 0.05) is 34.1 Å². The Morgan fingerprint density at radius 2 is 0.875 bits per heavy atom. The van der Waals surface area contributed by atoms with Gasteiger partial charge < -0.3 is 14.5 Å².